The van der Waals surface area contributed by atoms with E-state index in [1.807, 2.05) is 42.5 Å². The topological polar surface area (TPSA) is 60.9 Å². The van der Waals surface area contributed by atoms with Crippen LogP contribution in [-0.2, 0) is 39.9 Å². The summed E-state index contributed by atoms with van der Waals surface area (Å²) in [6.45, 7) is 3.87. The molecule has 1 atom stereocenters. The Labute approximate surface area is 263 Å². The molecule has 3 aromatic carbocycles. The Balaban J connectivity index is 1.64. The average Bonchev–Trinajstić information content (AvgIpc) is 3.06. The number of hydrogen-bond acceptors (Lipinski definition) is 3. The maximum Gasteiger partial charge on any atom is 0.416 e. The molecular formula is C36H40F3N3O3. The summed E-state index contributed by atoms with van der Waals surface area (Å²) in [5.41, 5.74) is 2.62. The van der Waals surface area contributed by atoms with Crippen molar-refractivity contribution in [2.45, 2.75) is 57.8 Å². The van der Waals surface area contributed by atoms with Crippen molar-refractivity contribution in [2.75, 3.05) is 26.2 Å². The van der Waals surface area contributed by atoms with E-state index in [1.165, 1.54) is 29.8 Å². The van der Waals surface area contributed by atoms with Gasteiger partial charge in [-0.15, -0.1) is 0 Å². The zero-order valence-electron chi connectivity index (χ0n) is 25.6. The highest BCUT2D eigenvalue weighted by molar-refractivity contribution is 5.95. The van der Waals surface area contributed by atoms with E-state index in [4.69, 9.17) is 0 Å². The van der Waals surface area contributed by atoms with Gasteiger partial charge in [0.25, 0.3) is 0 Å². The Hall–Kier alpha value is -4.40. The lowest BCUT2D eigenvalue weighted by molar-refractivity contribution is -0.146. The van der Waals surface area contributed by atoms with Crippen LogP contribution in [0.3, 0.4) is 0 Å². The van der Waals surface area contributed by atoms with Crippen LogP contribution in [0, 0.1) is 0 Å². The third-order valence-corrected chi connectivity index (χ3v) is 8.09. The first kappa shape index (κ1) is 33.5. The minimum atomic E-state index is -4.46. The smallest absolute Gasteiger partial charge is 0.342 e. The number of nitrogens with zero attached hydrogens (tertiary/aromatic N) is 3. The number of carbonyl (C=O) groups excluding carboxylic acids is 3. The molecule has 1 aliphatic rings. The summed E-state index contributed by atoms with van der Waals surface area (Å²) in [6.07, 6.45) is 3.74. The molecule has 0 aromatic heterocycles. The summed E-state index contributed by atoms with van der Waals surface area (Å²) in [5, 5.41) is 0. The highest BCUT2D eigenvalue weighted by atomic mass is 19.4. The van der Waals surface area contributed by atoms with E-state index in [-0.39, 0.29) is 18.9 Å². The van der Waals surface area contributed by atoms with Gasteiger partial charge in [0.15, 0.2) is 0 Å². The van der Waals surface area contributed by atoms with Gasteiger partial charge in [0.2, 0.25) is 18.2 Å². The average molecular weight is 620 g/mol. The van der Waals surface area contributed by atoms with Crippen LogP contribution < -0.4 is 0 Å². The maximum absolute atomic E-state index is 14.1. The van der Waals surface area contributed by atoms with Crippen LogP contribution in [0.2, 0.25) is 0 Å². The molecule has 1 heterocycles. The normalized spacial score (nSPS) is 14.4. The van der Waals surface area contributed by atoms with Gasteiger partial charge in [0.05, 0.1) is 5.56 Å². The SMILES string of the molecule is CCCCCc1ccc(CN(C(=O)/C=C/c2ccc(C(F)(F)F)cc2)[C@@H](Cc2ccccc2)C(=O)N2CCN(C=O)CC2)cc1. The van der Waals surface area contributed by atoms with Crippen LogP contribution in [0.4, 0.5) is 13.2 Å². The minimum absolute atomic E-state index is 0.170. The first-order valence-corrected chi connectivity index (χ1v) is 15.4. The molecular weight excluding hydrogens is 579 g/mol. The molecule has 0 N–H and O–H groups in total. The third-order valence-electron chi connectivity index (χ3n) is 8.09. The molecule has 0 unspecified atom stereocenters. The summed E-state index contributed by atoms with van der Waals surface area (Å²) in [6, 6.07) is 21.3. The van der Waals surface area contributed by atoms with E-state index >= 15 is 0 Å². The Morgan fingerprint density at radius 2 is 1.49 bits per heavy atom. The highest BCUT2D eigenvalue weighted by Crippen LogP contribution is 2.29. The molecule has 45 heavy (non-hydrogen) atoms. The summed E-state index contributed by atoms with van der Waals surface area (Å²) in [5.74, 6) is -0.639. The van der Waals surface area contributed by atoms with E-state index in [1.54, 1.807) is 14.7 Å². The number of amides is 3. The summed E-state index contributed by atoms with van der Waals surface area (Å²) >= 11 is 0. The van der Waals surface area contributed by atoms with Gasteiger partial charge in [-0.1, -0.05) is 86.5 Å². The van der Waals surface area contributed by atoms with Crippen LogP contribution in [0.5, 0.6) is 0 Å². The van der Waals surface area contributed by atoms with Crippen molar-refractivity contribution in [1.29, 1.82) is 0 Å². The molecule has 1 aliphatic heterocycles. The minimum Gasteiger partial charge on any atom is -0.342 e. The standard InChI is InChI=1S/C36H40F3N3O3/c1-2-3-5-8-28-11-13-31(14-12-28)26-42(34(44)20-17-29-15-18-32(19-16-29)36(37,38)39)33(25-30-9-6-4-7-10-30)35(45)41-23-21-40(27-43)22-24-41/h4,6-7,9-20,27,33H,2-3,5,8,21-26H2,1H3/b20-17+/t33-/m0/s1. The molecule has 0 aliphatic carbocycles. The number of alkyl halides is 3. The lowest BCUT2D eigenvalue weighted by Crippen LogP contribution is -2.56. The molecule has 0 radical (unpaired) electrons. The number of unbranched alkanes of at least 4 members (excludes halogenated alkanes) is 2. The molecule has 4 rings (SSSR count). The number of carbonyl (C=O) groups is 3. The largest absolute Gasteiger partial charge is 0.416 e. The van der Waals surface area contributed by atoms with Crippen LogP contribution in [-0.4, -0.2) is 65.1 Å². The quantitative estimate of drug-likeness (QED) is 0.127. The van der Waals surface area contributed by atoms with Crippen LogP contribution in [0.25, 0.3) is 6.08 Å². The van der Waals surface area contributed by atoms with Crippen molar-refractivity contribution >= 4 is 24.3 Å². The van der Waals surface area contributed by atoms with Crippen molar-refractivity contribution in [3.63, 3.8) is 0 Å². The number of halogens is 3. The molecule has 0 bridgehead atoms. The third kappa shape index (κ3) is 9.80. The van der Waals surface area contributed by atoms with E-state index in [2.05, 4.69) is 19.1 Å². The zero-order chi connectivity index (χ0) is 32.2. The summed E-state index contributed by atoms with van der Waals surface area (Å²) in [7, 11) is 0. The second-order valence-electron chi connectivity index (χ2n) is 11.4. The molecule has 0 spiro atoms. The van der Waals surface area contributed by atoms with Gasteiger partial charge in [-0.25, -0.2) is 0 Å². The van der Waals surface area contributed by atoms with Gasteiger partial charge in [-0.3, -0.25) is 14.4 Å². The molecule has 238 valence electrons. The van der Waals surface area contributed by atoms with Crippen molar-refractivity contribution in [2.24, 2.45) is 0 Å². The van der Waals surface area contributed by atoms with E-state index < -0.39 is 23.7 Å². The van der Waals surface area contributed by atoms with E-state index in [9.17, 15) is 27.6 Å². The van der Waals surface area contributed by atoms with Gasteiger partial charge in [-0.2, -0.15) is 13.2 Å². The lowest BCUT2D eigenvalue weighted by atomic mass is 10.0. The Kier molecular flexibility index (Phi) is 12.0. The molecule has 3 aromatic rings. The predicted molar refractivity (Wildman–Crippen MR) is 169 cm³/mol. The van der Waals surface area contributed by atoms with Crippen molar-refractivity contribution < 1.29 is 27.6 Å². The Morgan fingerprint density at radius 1 is 0.844 bits per heavy atom. The first-order chi connectivity index (χ1) is 21.7. The van der Waals surface area contributed by atoms with Gasteiger partial charge in [-0.05, 0) is 53.3 Å². The second kappa shape index (κ2) is 16.1. The highest BCUT2D eigenvalue weighted by Gasteiger charge is 2.34. The first-order valence-electron chi connectivity index (χ1n) is 15.4. The molecule has 1 saturated heterocycles. The summed E-state index contributed by atoms with van der Waals surface area (Å²) in [4.78, 5) is 44.2. The van der Waals surface area contributed by atoms with Gasteiger partial charge in [0, 0.05) is 45.2 Å². The fourth-order valence-corrected chi connectivity index (χ4v) is 5.40. The maximum atomic E-state index is 14.1. The fraction of sp³-hybridized carbons (Fsp3) is 0.361. The Morgan fingerprint density at radius 3 is 2.09 bits per heavy atom. The number of aryl methyl sites for hydroxylation is 1. The number of piperazine rings is 1. The predicted octanol–water partition coefficient (Wildman–Crippen LogP) is 6.39. The monoisotopic (exact) mass is 619 g/mol. The van der Waals surface area contributed by atoms with Crippen LogP contribution in [0.15, 0.2) is 84.9 Å². The van der Waals surface area contributed by atoms with Crippen molar-refractivity contribution in [3.8, 4) is 0 Å². The van der Waals surface area contributed by atoms with Gasteiger partial charge < -0.3 is 14.7 Å². The van der Waals surface area contributed by atoms with E-state index in [0.29, 0.717) is 31.7 Å². The number of rotatable bonds is 13. The number of hydrogen-bond donors (Lipinski definition) is 0. The second-order valence-corrected chi connectivity index (χ2v) is 11.4. The van der Waals surface area contributed by atoms with Crippen molar-refractivity contribution in [1.82, 2.24) is 14.7 Å². The van der Waals surface area contributed by atoms with Crippen LogP contribution in [0.1, 0.15) is 54.0 Å². The molecule has 6 nitrogen and oxygen atoms in total. The molecule has 9 heteroatoms. The fourth-order valence-electron chi connectivity index (χ4n) is 5.40. The van der Waals surface area contributed by atoms with Crippen LogP contribution >= 0.6 is 0 Å². The van der Waals surface area contributed by atoms with Gasteiger partial charge in [0.1, 0.15) is 6.04 Å². The summed E-state index contributed by atoms with van der Waals surface area (Å²) < 4.78 is 39.2. The lowest BCUT2D eigenvalue weighted by Gasteiger charge is -2.38. The zero-order valence-corrected chi connectivity index (χ0v) is 25.6. The Bertz CT molecular complexity index is 1420. The molecule has 3 amide bonds. The van der Waals surface area contributed by atoms with E-state index in [0.717, 1.165) is 55.4 Å². The molecule has 0 saturated carbocycles. The van der Waals surface area contributed by atoms with Gasteiger partial charge >= 0.3 is 6.18 Å². The number of benzene rings is 3. The van der Waals surface area contributed by atoms with Crippen molar-refractivity contribution in [3.05, 3.63) is 113 Å². The molecule has 1 fully saturated rings.